The van der Waals surface area contributed by atoms with Gasteiger partial charge in [0.25, 0.3) is 0 Å². The van der Waals surface area contributed by atoms with Crippen LogP contribution in [-0.4, -0.2) is 23.5 Å². The van der Waals surface area contributed by atoms with Crippen molar-refractivity contribution in [2.24, 2.45) is 11.8 Å². The van der Waals surface area contributed by atoms with Gasteiger partial charge in [-0.25, -0.2) is 0 Å². The highest BCUT2D eigenvalue weighted by Crippen LogP contribution is 2.56. The largest absolute Gasteiger partial charge is 0.400 e. The molecule has 0 aromatic heterocycles. The van der Waals surface area contributed by atoms with Crippen molar-refractivity contribution >= 4 is 9.28 Å². The predicted octanol–water partition coefficient (Wildman–Crippen LogP) is 4.03. The summed E-state index contributed by atoms with van der Waals surface area (Å²) < 4.78 is 11.7. The zero-order chi connectivity index (χ0) is 13.0. The third kappa shape index (κ3) is 2.83. The fourth-order valence-electron chi connectivity index (χ4n) is 4.57. The van der Waals surface area contributed by atoms with Gasteiger partial charge in [0, 0.05) is 19.3 Å². The summed E-state index contributed by atoms with van der Waals surface area (Å²) >= 11 is 0. The summed E-state index contributed by atoms with van der Waals surface area (Å²) in [6.07, 6.45) is 12.6. The lowest BCUT2D eigenvalue weighted by Crippen LogP contribution is -2.44. The molecular weight excluding hydrogens is 240 g/mol. The highest BCUT2D eigenvalue weighted by atomic mass is 28.3. The van der Waals surface area contributed by atoms with E-state index >= 15 is 0 Å². The van der Waals surface area contributed by atoms with E-state index in [9.17, 15) is 0 Å². The van der Waals surface area contributed by atoms with Crippen LogP contribution in [0.4, 0.5) is 0 Å². The average Bonchev–Trinajstić information content (AvgIpc) is 2.41. The summed E-state index contributed by atoms with van der Waals surface area (Å²) in [4.78, 5) is 0. The van der Waals surface area contributed by atoms with Gasteiger partial charge in [0.1, 0.15) is 0 Å². The van der Waals surface area contributed by atoms with Gasteiger partial charge in [0.15, 0.2) is 0 Å². The van der Waals surface area contributed by atoms with Gasteiger partial charge in [0.2, 0.25) is 0 Å². The fraction of sp³-hybridized carbons (Fsp3) is 1.00. The maximum atomic E-state index is 5.85. The minimum Gasteiger partial charge on any atom is -0.400 e. The van der Waals surface area contributed by atoms with Crippen LogP contribution in [0.1, 0.15) is 64.7 Å². The molecule has 2 saturated carbocycles. The first-order valence-electron chi connectivity index (χ1n) is 7.78. The number of hydrogen-bond acceptors (Lipinski definition) is 2. The quantitative estimate of drug-likeness (QED) is 0.718. The van der Waals surface area contributed by atoms with Crippen LogP contribution in [0.15, 0.2) is 0 Å². The van der Waals surface area contributed by atoms with Gasteiger partial charge in [-0.2, -0.15) is 0 Å². The maximum Gasteiger partial charge on any atom is 0.327 e. The molecule has 0 aromatic rings. The molecule has 3 heteroatoms. The lowest BCUT2D eigenvalue weighted by atomic mass is 9.70. The molecule has 2 aliphatic rings. The highest BCUT2D eigenvalue weighted by Gasteiger charge is 2.49. The molecule has 0 heterocycles. The van der Waals surface area contributed by atoms with Gasteiger partial charge in [-0.3, -0.25) is 0 Å². The zero-order valence-electron chi connectivity index (χ0n) is 12.4. The minimum atomic E-state index is -1.51. The molecular formula is C15H30O2Si. The Hall–Kier alpha value is 0.137. The summed E-state index contributed by atoms with van der Waals surface area (Å²) in [7, 11) is 2.25. The van der Waals surface area contributed by atoms with Crippen molar-refractivity contribution in [2.75, 3.05) is 14.2 Å². The van der Waals surface area contributed by atoms with E-state index in [1.807, 2.05) is 14.2 Å². The molecule has 106 valence electrons. The second-order valence-corrected chi connectivity index (χ2v) is 9.32. The molecule has 0 N–H and O–H groups in total. The smallest absolute Gasteiger partial charge is 0.327 e. The van der Waals surface area contributed by atoms with Crippen molar-refractivity contribution in [3.8, 4) is 0 Å². The molecule has 2 atom stereocenters. The Kier molecular flexibility index (Phi) is 5.28. The van der Waals surface area contributed by atoms with Crippen molar-refractivity contribution in [1.82, 2.24) is 0 Å². The molecule has 2 aliphatic carbocycles. The van der Waals surface area contributed by atoms with E-state index in [0.717, 1.165) is 11.8 Å². The molecule has 0 radical (unpaired) electrons. The van der Waals surface area contributed by atoms with Gasteiger partial charge in [-0.05, 0) is 31.1 Å². The third-order valence-electron chi connectivity index (χ3n) is 5.43. The monoisotopic (exact) mass is 270 g/mol. The molecule has 2 nitrogen and oxygen atoms in total. The Morgan fingerprint density at radius 2 is 1.61 bits per heavy atom. The standard InChI is InChI=1S/C15H30O2Si/c1-13-8-7-9-14(12-13)15(18(16-2)17-3)10-5-4-6-11-15/h13-14,18H,4-12H2,1-3H3. The third-order valence-corrected chi connectivity index (χ3v) is 8.28. The van der Waals surface area contributed by atoms with Crippen molar-refractivity contribution < 1.29 is 8.85 Å². The Bertz CT molecular complexity index is 247. The molecule has 0 spiro atoms. The summed E-state index contributed by atoms with van der Waals surface area (Å²) in [5.41, 5.74) is 0. The van der Waals surface area contributed by atoms with E-state index in [1.165, 1.54) is 57.8 Å². The predicted molar refractivity (Wildman–Crippen MR) is 78.1 cm³/mol. The molecule has 18 heavy (non-hydrogen) atoms. The molecule has 2 fully saturated rings. The van der Waals surface area contributed by atoms with Crippen molar-refractivity contribution in [3.63, 3.8) is 0 Å². The zero-order valence-corrected chi connectivity index (χ0v) is 13.6. The molecule has 0 saturated heterocycles. The first-order valence-corrected chi connectivity index (χ1v) is 9.30. The van der Waals surface area contributed by atoms with Crippen molar-refractivity contribution in [3.05, 3.63) is 0 Å². The Morgan fingerprint density at radius 3 is 2.17 bits per heavy atom. The SMILES string of the molecule is CO[SiH](OC)C1(C2CCCC(C)C2)CCCCC1. The van der Waals surface area contributed by atoms with E-state index in [-0.39, 0.29) is 0 Å². The van der Waals surface area contributed by atoms with Crippen LogP contribution in [0.2, 0.25) is 5.04 Å². The van der Waals surface area contributed by atoms with Crippen molar-refractivity contribution in [2.45, 2.75) is 69.7 Å². The van der Waals surface area contributed by atoms with E-state index in [1.54, 1.807) is 0 Å². The summed E-state index contributed by atoms with van der Waals surface area (Å²) in [6, 6.07) is 0. The van der Waals surface area contributed by atoms with E-state index < -0.39 is 9.28 Å². The van der Waals surface area contributed by atoms with E-state index in [4.69, 9.17) is 8.85 Å². The van der Waals surface area contributed by atoms with Crippen LogP contribution in [0.3, 0.4) is 0 Å². The molecule has 0 amide bonds. The molecule has 2 unspecified atom stereocenters. The van der Waals surface area contributed by atoms with Crippen LogP contribution in [0.25, 0.3) is 0 Å². The Labute approximate surface area is 114 Å². The Morgan fingerprint density at radius 1 is 0.944 bits per heavy atom. The van der Waals surface area contributed by atoms with Crippen LogP contribution in [0.5, 0.6) is 0 Å². The number of hydrogen-bond donors (Lipinski definition) is 0. The molecule has 0 bridgehead atoms. The van der Waals surface area contributed by atoms with E-state index in [2.05, 4.69) is 6.92 Å². The summed E-state index contributed by atoms with van der Waals surface area (Å²) in [6.45, 7) is 2.43. The number of rotatable bonds is 4. The lowest BCUT2D eigenvalue weighted by Gasteiger charge is -2.48. The lowest BCUT2D eigenvalue weighted by molar-refractivity contribution is 0.125. The van der Waals surface area contributed by atoms with Gasteiger partial charge in [0.05, 0.1) is 0 Å². The molecule has 2 rings (SSSR count). The van der Waals surface area contributed by atoms with E-state index in [0.29, 0.717) is 5.04 Å². The second-order valence-electron chi connectivity index (χ2n) is 6.57. The molecule has 0 aliphatic heterocycles. The average molecular weight is 270 g/mol. The van der Waals surface area contributed by atoms with Crippen LogP contribution in [-0.2, 0) is 8.85 Å². The first kappa shape index (κ1) is 14.5. The highest BCUT2D eigenvalue weighted by molar-refractivity contribution is 6.48. The Balaban J connectivity index is 2.17. The van der Waals surface area contributed by atoms with Crippen LogP contribution < -0.4 is 0 Å². The van der Waals surface area contributed by atoms with Gasteiger partial charge in [-0.15, -0.1) is 0 Å². The topological polar surface area (TPSA) is 18.5 Å². The first-order chi connectivity index (χ1) is 8.73. The van der Waals surface area contributed by atoms with Gasteiger partial charge in [-0.1, -0.05) is 45.4 Å². The van der Waals surface area contributed by atoms with Crippen molar-refractivity contribution in [1.29, 1.82) is 0 Å². The maximum absolute atomic E-state index is 5.85. The molecule has 0 aromatic carbocycles. The van der Waals surface area contributed by atoms with Gasteiger partial charge < -0.3 is 8.85 Å². The normalized spacial score (nSPS) is 32.7. The second kappa shape index (κ2) is 6.53. The summed E-state index contributed by atoms with van der Waals surface area (Å²) in [5, 5.41) is 0.441. The fourth-order valence-corrected chi connectivity index (χ4v) is 7.27. The van der Waals surface area contributed by atoms with Crippen LogP contribution >= 0.6 is 0 Å². The minimum absolute atomic E-state index is 0.441. The van der Waals surface area contributed by atoms with Gasteiger partial charge >= 0.3 is 9.28 Å². The van der Waals surface area contributed by atoms with Crippen LogP contribution in [0, 0.1) is 11.8 Å². The summed E-state index contributed by atoms with van der Waals surface area (Å²) in [5.74, 6) is 1.78.